The van der Waals surface area contributed by atoms with Crippen LogP contribution in [0.3, 0.4) is 0 Å². The minimum absolute atomic E-state index is 0.0400. The first-order chi connectivity index (χ1) is 8.65. The Morgan fingerprint density at radius 1 is 1.39 bits per heavy atom. The maximum atomic E-state index is 10.2. The lowest BCUT2D eigenvalue weighted by molar-refractivity contribution is 0.0671. The van der Waals surface area contributed by atoms with E-state index < -0.39 is 6.10 Å². The first-order valence-electron chi connectivity index (χ1n) is 5.83. The van der Waals surface area contributed by atoms with Gasteiger partial charge in [-0.3, -0.25) is 0 Å². The molecule has 0 spiro atoms. The minimum Gasteiger partial charge on any atom is -0.484 e. The summed E-state index contributed by atoms with van der Waals surface area (Å²) in [5.41, 5.74) is 2.11. The second kappa shape index (κ2) is 4.68. The van der Waals surface area contributed by atoms with E-state index in [0.29, 0.717) is 6.42 Å². The number of rotatable bonds is 1. The predicted octanol–water partition coefficient (Wildman–Crippen LogP) is 4.38. The van der Waals surface area contributed by atoms with E-state index in [1.54, 1.807) is 11.3 Å². The van der Waals surface area contributed by atoms with Gasteiger partial charge in [0.25, 0.3) is 0 Å². The van der Waals surface area contributed by atoms with Crippen molar-refractivity contribution in [1.29, 1.82) is 0 Å². The molecule has 3 rings (SSSR count). The van der Waals surface area contributed by atoms with Gasteiger partial charge in [-0.2, -0.15) is 0 Å². The van der Waals surface area contributed by atoms with E-state index in [0.717, 1.165) is 15.8 Å². The van der Waals surface area contributed by atoms with Crippen LogP contribution in [-0.2, 0) is 0 Å². The molecule has 1 N–H and O–H groups in total. The quantitative estimate of drug-likeness (QED) is 0.843. The monoisotopic (exact) mass is 324 g/mol. The van der Waals surface area contributed by atoms with Crippen molar-refractivity contribution < 1.29 is 9.84 Å². The van der Waals surface area contributed by atoms with Gasteiger partial charge in [-0.1, -0.05) is 22.0 Å². The highest BCUT2D eigenvalue weighted by Crippen LogP contribution is 2.43. The third kappa shape index (κ3) is 2.09. The minimum atomic E-state index is -0.451. The lowest BCUT2D eigenvalue weighted by Crippen LogP contribution is -2.18. The molecule has 0 aliphatic carbocycles. The van der Waals surface area contributed by atoms with Gasteiger partial charge in [-0.15, -0.1) is 11.3 Å². The summed E-state index contributed by atoms with van der Waals surface area (Å²) >= 11 is 5.12. The van der Waals surface area contributed by atoms with Gasteiger partial charge < -0.3 is 9.84 Å². The number of ether oxygens (including phenoxy) is 1. The van der Waals surface area contributed by atoms with Crippen LogP contribution in [0.2, 0.25) is 0 Å². The van der Waals surface area contributed by atoms with Crippen LogP contribution in [0.1, 0.15) is 34.6 Å². The van der Waals surface area contributed by atoms with Crippen molar-refractivity contribution in [2.75, 3.05) is 0 Å². The molecular formula is C14H13BrO2S. The summed E-state index contributed by atoms with van der Waals surface area (Å²) in [4.78, 5) is 1.21. The smallest absolute Gasteiger partial charge is 0.136 e. The van der Waals surface area contributed by atoms with Gasteiger partial charge in [0.1, 0.15) is 11.9 Å². The molecule has 1 aliphatic heterocycles. The van der Waals surface area contributed by atoms with Gasteiger partial charge in [0.2, 0.25) is 0 Å². The molecule has 0 fully saturated rings. The fourth-order valence-electron chi connectivity index (χ4n) is 2.29. The Labute approximate surface area is 118 Å². The van der Waals surface area contributed by atoms with Crippen molar-refractivity contribution in [3.8, 4) is 5.75 Å². The number of fused-ring (bicyclic) bond motifs is 1. The normalized spacial score (nSPS) is 22.4. The van der Waals surface area contributed by atoms with E-state index >= 15 is 0 Å². The molecule has 1 aromatic carbocycles. The average molecular weight is 325 g/mol. The Morgan fingerprint density at radius 2 is 2.22 bits per heavy atom. The Kier molecular flexibility index (Phi) is 3.18. The number of aliphatic hydroxyl groups is 1. The molecule has 2 atom stereocenters. The molecule has 0 amide bonds. The molecule has 1 aliphatic rings. The molecule has 1 aromatic heterocycles. The fourth-order valence-corrected chi connectivity index (χ4v) is 3.60. The average Bonchev–Trinajstić information content (AvgIpc) is 2.74. The van der Waals surface area contributed by atoms with Gasteiger partial charge in [0, 0.05) is 21.3 Å². The highest BCUT2D eigenvalue weighted by atomic mass is 79.9. The molecule has 2 nitrogen and oxygen atoms in total. The van der Waals surface area contributed by atoms with Crippen molar-refractivity contribution in [2.24, 2.45) is 0 Å². The molecule has 0 radical (unpaired) electrons. The maximum absolute atomic E-state index is 10.2. The first-order valence-corrected chi connectivity index (χ1v) is 7.50. The van der Waals surface area contributed by atoms with Gasteiger partial charge in [-0.05, 0) is 36.1 Å². The second-order valence-electron chi connectivity index (χ2n) is 4.51. The second-order valence-corrected chi connectivity index (χ2v) is 6.37. The topological polar surface area (TPSA) is 29.5 Å². The molecule has 0 saturated heterocycles. The third-order valence-corrected chi connectivity index (χ3v) is 4.84. The SMILES string of the molecule is Cc1ccsc1C1C[C@H](O)c2ccc(Br)cc2O1. The van der Waals surface area contributed by atoms with Crippen LogP contribution in [-0.4, -0.2) is 5.11 Å². The number of benzene rings is 1. The van der Waals surface area contributed by atoms with Crippen molar-refractivity contribution >= 4 is 27.3 Å². The molecule has 2 aromatic rings. The lowest BCUT2D eigenvalue weighted by Gasteiger charge is -2.29. The highest BCUT2D eigenvalue weighted by molar-refractivity contribution is 9.10. The Morgan fingerprint density at radius 3 is 2.94 bits per heavy atom. The predicted molar refractivity (Wildman–Crippen MR) is 76.1 cm³/mol. The zero-order chi connectivity index (χ0) is 12.7. The Bertz CT molecular complexity index is 579. The van der Waals surface area contributed by atoms with Gasteiger partial charge in [0.15, 0.2) is 0 Å². The Hall–Kier alpha value is -0.840. The summed E-state index contributed by atoms with van der Waals surface area (Å²) in [5.74, 6) is 0.779. The number of thiophene rings is 1. The van der Waals surface area contributed by atoms with Crippen LogP contribution in [0.5, 0.6) is 5.75 Å². The zero-order valence-electron chi connectivity index (χ0n) is 9.89. The summed E-state index contributed by atoms with van der Waals surface area (Å²) in [6.07, 6.45) is 0.130. The third-order valence-electron chi connectivity index (χ3n) is 3.24. The van der Waals surface area contributed by atoms with Crippen LogP contribution in [0, 0.1) is 6.92 Å². The molecule has 94 valence electrons. The number of hydrogen-bond acceptors (Lipinski definition) is 3. The van der Waals surface area contributed by atoms with Crippen LogP contribution in [0.25, 0.3) is 0 Å². The number of halogens is 1. The molecular weight excluding hydrogens is 312 g/mol. The summed E-state index contributed by atoms with van der Waals surface area (Å²) in [5, 5.41) is 12.3. The molecule has 0 saturated carbocycles. The summed E-state index contributed by atoms with van der Waals surface area (Å²) in [7, 11) is 0. The first kappa shape index (κ1) is 12.2. The van der Waals surface area contributed by atoms with Gasteiger partial charge >= 0.3 is 0 Å². The number of aliphatic hydroxyl groups excluding tert-OH is 1. The van der Waals surface area contributed by atoms with Crippen molar-refractivity contribution in [1.82, 2.24) is 0 Å². The van der Waals surface area contributed by atoms with E-state index in [4.69, 9.17) is 4.74 Å². The van der Waals surface area contributed by atoms with Crippen LogP contribution >= 0.6 is 27.3 Å². The van der Waals surface area contributed by atoms with Gasteiger partial charge in [0.05, 0.1) is 6.10 Å². The molecule has 4 heteroatoms. The van der Waals surface area contributed by atoms with Gasteiger partial charge in [-0.25, -0.2) is 0 Å². The fraction of sp³-hybridized carbons (Fsp3) is 0.286. The van der Waals surface area contributed by atoms with E-state index in [1.165, 1.54) is 10.4 Å². The van der Waals surface area contributed by atoms with Crippen molar-refractivity contribution in [3.05, 3.63) is 50.1 Å². The zero-order valence-corrected chi connectivity index (χ0v) is 12.3. The lowest BCUT2D eigenvalue weighted by atomic mass is 9.97. The number of aryl methyl sites for hydroxylation is 1. The van der Waals surface area contributed by atoms with E-state index in [1.807, 2.05) is 18.2 Å². The molecule has 2 heterocycles. The van der Waals surface area contributed by atoms with Crippen LogP contribution < -0.4 is 4.74 Å². The molecule has 0 bridgehead atoms. The standard InChI is InChI=1S/C14H13BrO2S/c1-8-4-5-18-14(8)13-7-11(16)10-3-2-9(15)6-12(10)17-13/h2-6,11,13,16H,7H2,1H3/t11-,13?/m0/s1. The summed E-state index contributed by atoms with van der Waals surface area (Å²) in [6, 6.07) is 7.86. The largest absolute Gasteiger partial charge is 0.484 e. The van der Waals surface area contributed by atoms with E-state index in [-0.39, 0.29) is 6.10 Å². The number of hydrogen-bond donors (Lipinski definition) is 1. The Balaban J connectivity index is 1.98. The highest BCUT2D eigenvalue weighted by Gasteiger charge is 2.29. The maximum Gasteiger partial charge on any atom is 0.136 e. The van der Waals surface area contributed by atoms with Crippen LogP contribution in [0.4, 0.5) is 0 Å². The summed E-state index contributed by atoms with van der Waals surface area (Å²) in [6.45, 7) is 2.08. The van der Waals surface area contributed by atoms with E-state index in [9.17, 15) is 5.11 Å². The summed E-state index contributed by atoms with van der Waals surface area (Å²) < 4.78 is 7.00. The van der Waals surface area contributed by atoms with Crippen molar-refractivity contribution in [3.63, 3.8) is 0 Å². The van der Waals surface area contributed by atoms with Crippen LogP contribution in [0.15, 0.2) is 34.1 Å². The molecule has 1 unspecified atom stereocenters. The van der Waals surface area contributed by atoms with E-state index in [2.05, 4.69) is 34.3 Å². The molecule has 18 heavy (non-hydrogen) atoms. The van der Waals surface area contributed by atoms with Crippen molar-refractivity contribution in [2.45, 2.75) is 25.6 Å².